The van der Waals surface area contributed by atoms with E-state index in [0.29, 0.717) is 5.56 Å². The molecular weight excluding hydrogens is 316 g/mol. The molecule has 0 aliphatic rings. The van der Waals surface area contributed by atoms with Gasteiger partial charge in [-0.05, 0) is 41.1 Å². The Balaban J connectivity index is 2.11. The van der Waals surface area contributed by atoms with Crippen LogP contribution in [-0.2, 0) is 16.8 Å². The minimum Gasteiger partial charge on any atom is -0.772 e. The van der Waals surface area contributed by atoms with Gasteiger partial charge in [0, 0.05) is 27.0 Å². The summed E-state index contributed by atoms with van der Waals surface area (Å²) in [6.45, 7) is 1.97. The number of aryl methyl sites for hydroxylation is 1. The monoisotopic (exact) mass is 329 g/mol. The van der Waals surface area contributed by atoms with E-state index in [0.717, 1.165) is 38.6 Å². The summed E-state index contributed by atoms with van der Waals surface area (Å²) < 4.78 is 22.7. The van der Waals surface area contributed by atoms with E-state index in [4.69, 9.17) is 0 Å². The van der Waals surface area contributed by atoms with Crippen LogP contribution in [0.25, 0.3) is 21.2 Å². The maximum atomic E-state index is 11.0. The summed E-state index contributed by atoms with van der Waals surface area (Å²) in [5.74, 6) is 0.0286. The number of thiophene rings is 1. The molecule has 1 heterocycles. The van der Waals surface area contributed by atoms with Crippen LogP contribution in [0.1, 0.15) is 21.5 Å². The molecule has 1 unspecified atom stereocenters. The van der Waals surface area contributed by atoms with Crippen molar-refractivity contribution < 1.29 is 13.6 Å². The molecule has 0 spiro atoms. The molecule has 0 saturated heterocycles. The Morgan fingerprint density at radius 3 is 2.68 bits per heavy atom. The summed E-state index contributed by atoms with van der Waals surface area (Å²) in [5.41, 5.74) is 4.61. The van der Waals surface area contributed by atoms with Crippen molar-refractivity contribution in [2.45, 2.75) is 12.7 Å². The Morgan fingerprint density at radius 2 is 2.00 bits per heavy atom. The molecule has 3 rings (SSSR count). The van der Waals surface area contributed by atoms with Gasteiger partial charge in [0.1, 0.15) is 6.29 Å². The molecule has 22 heavy (non-hydrogen) atoms. The van der Waals surface area contributed by atoms with Crippen molar-refractivity contribution in [3.05, 3.63) is 58.5 Å². The number of carbonyl (C=O) groups excluding carboxylic acids is 1. The van der Waals surface area contributed by atoms with Gasteiger partial charge in [0.15, 0.2) is 0 Å². The van der Waals surface area contributed by atoms with Crippen LogP contribution in [0.4, 0.5) is 0 Å². The summed E-state index contributed by atoms with van der Waals surface area (Å²) in [5, 5.41) is 3.13. The number of rotatable bonds is 4. The van der Waals surface area contributed by atoms with E-state index in [1.165, 1.54) is 0 Å². The number of carbonyl (C=O) groups is 1. The molecule has 1 atom stereocenters. The Kier molecular flexibility index (Phi) is 4.20. The maximum absolute atomic E-state index is 11.0. The number of hydrogen-bond acceptors (Lipinski definition) is 4. The zero-order valence-corrected chi connectivity index (χ0v) is 13.5. The summed E-state index contributed by atoms with van der Waals surface area (Å²) in [6, 6.07) is 11.4. The first kappa shape index (κ1) is 15.1. The van der Waals surface area contributed by atoms with Crippen molar-refractivity contribution in [3.8, 4) is 11.1 Å². The molecule has 0 saturated carbocycles. The third-order valence-electron chi connectivity index (χ3n) is 3.60. The Bertz CT molecular complexity index is 881. The van der Waals surface area contributed by atoms with E-state index in [9.17, 15) is 13.6 Å². The highest BCUT2D eigenvalue weighted by molar-refractivity contribution is 7.78. The molecule has 3 nitrogen and oxygen atoms in total. The van der Waals surface area contributed by atoms with Crippen molar-refractivity contribution in [1.82, 2.24) is 0 Å². The van der Waals surface area contributed by atoms with Gasteiger partial charge in [-0.3, -0.25) is 9.00 Å². The molecule has 0 radical (unpaired) electrons. The second-order valence-electron chi connectivity index (χ2n) is 5.12. The summed E-state index contributed by atoms with van der Waals surface area (Å²) >= 11 is -0.445. The smallest absolute Gasteiger partial charge is 0.150 e. The molecule has 112 valence electrons. The van der Waals surface area contributed by atoms with Gasteiger partial charge in [0.2, 0.25) is 0 Å². The molecule has 0 aliphatic heterocycles. The molecule has 0 aliphatic carbocycles. The van der Waals surface area contributed by atoms with Gasteiger partial charge < -0.3 is 4.55 Å². The van der Waals surface area contributed by atoms with Crippen LogP contribution < -0.4 is 0 Å². The SMILES string of the molecule is Cc1cc(CS(=O)[O-])ccc1-c1csc2ccc(C=O)cc12. The average molecular weight is 329 g/mol. The zero-order valence-electron chi connectivity index (χ0n) is 11.9. The fraction of sp³-hybridized carbons (Fsp3) is 0.118. The van der Waals surface area contributed by atoms with Gasteiger partial charge >= 0.3 is 0 Å². The molecule has 0 bridgehead atoms. The molecule has 0 N–H and O–H groups in total. The lowest BCUT2D eigenvalue weighted by atomic mass is 9.98. The third-order valence-corrected chi connectivity index (χ3v) is 5.13. The minimum atomic E-state index is -2.08. The molecule has 0 fully saturated rings. The van der Waals surface area contributed by atoms with Gasteiger partial charge in [0.05, 0.1) is 0 Å². The van der Waals surface area contributed by atoms with E-state index < -0.39 is 11.1 Å². The average Bonchev–Trinajstić information content (AvgIpc) is 2.89. The highest BCUT2D eigenvalue weighted by Crippen LogP contribution is 2.36. The van der Waals surface area contributed by atoms with Gasteiger partial charge in [-0.2, -0.15) is 0 Å². The Labute approximate surface area is 134 Å². The second kappa shape index (κ2) is 6.12. The zero-order chi connectivity index (χ0) is 15.7. The van der Waals surface area contributed by atoms with Crippen LogP contribution in [0.3, 0.4) is 0 Å². The number of fused-ring (bicyclic) bond motifs is 1. The highest BCUT2D eigenvalue weighted by atomic mass is 32.2. The molecule has 3 aromatic rings. The van der Waals surface area contributed by atoms with Gasteiger partial charge in [-0.1, -0.05) is 35.3 Å². The molecule has 2 aromatic carbocycles. The Morgan fingerprint density at radius 1 is 1.18 bits per heavy atom. The number of hydrogen-bond donors (Lipinski definition) is 0. The highest BCUT2D eigenvalue weighted by Gasteiger charge is 2.10. The lowest BCUT2D eigenvalue weighted by Gasteiger charge is -2.10. The van der Waals surface area contributed by atoms with E-state index in [2.05, 4.69) is 5.38 Å². The summed E-state index contributed by atoms with van der Waals surface area (Å²) in [6.07, 6.45) is 0.848. The first-order valence-corrected chi connectivity index (χ1v) is 8.83. The molecule has 1 aromatic heterocycles. The first-order chi connectivity index (χ1) is 10.6. The summed E-state index contributed by atoms with van der Waals surface area (Å²) in [4.78, 5) is 11.0. The van der Waals surface area contributed by atoms with Gasteiger partial charge in [-0.15, -0.1) is 11.3 Å². The van der Waals surface area contributed by atoms with Crippen molar-refractivity contribution in [2.24, 2.45) is 0 Å². The lowest BCUT2D eigenvalue weighted by Crippen LogP contribution is -1.94. The van der Waals surface area contributed by atoms with E-state index in [-0.39, 0.29) is 5.75 Å². The standard InChI is InChI=1S/C17H14O3S2/c1-11-6-13(10-22(19)20)2-4-14(11)16-9-21-17-5-3-12(8-18)7-15(16)17/h2-9H,10H2,1H3,(H,19,20)/p-1. The maximum Gasteiger partial charge on any atom is 0.150 e. The lowest BCUT2D eigenvalue weighted by molar-refractivity contribution is 0.112. The third kappa shape index (κ3) is 2.88. The fourth-order valence-electron chi connectivity index (χ4n) is 2.58. The largest absolute Gasteiger partial charge is 0.772 e. The van der Waals surface area contributed by atoms with Crippen molar-refractivity contribution in [2.75, 3.05) is 0 Å². The van der Waals surface area contributed by atoms with Gasteiger partial charge in [0.25, 0.3) is 0 Å². The van der Waals surface area contributed by atoms with E-state index >= 15 is 0 Å². The van der Waals surface area contributed by atoms with Crippen LogP contribution in [-0.4, -0.2) is 15.0 Å². The topological polar surface area (TPSA) is 57.2 Å². The predicted octanol–water partition coefficient (Wildman–Crippen LogP) is 4.07. The number of benzene rings is 2. The number of aldehydes is 1. The summed E-state index contributed by atoms with van der Waals surface area (Å²) in [7, 11) is 0. The van der Waals surface area contributed by atoms with Crippen molar-refractivity contribution in [1.29, 1.82) is 0 Å². The molecular formula is C17H13O3S2-. The quantitative estimate of drug-likeness (QED) is 0.535. The molecule has 5 heteroatoms. The normalized spacial score (nSPS) is 12.5. The van der Waals surface area contributed by atoms with Crippen molar-refractivity contribution >= 4 is 38.8 Å². The van der Waals surface area contributed by atoms with Crippen LogP contribution in [0, 0.1) is 6.92 Å². The van der Waals surface area contributed by atoms with Crippen LogP contribution in [0.5, 0.6) is 0 Å². The molecule has 0 amide bonds. The second-order valence-corrected chi connectivity index (χ2v) is 6.93. The Hall–Kier alpha value is -1.82. The van der Waals surface area contributed by atoms with Crippen LogP contribution >= 0.6 is 11.3 Å². The van der Waals surface area contributed by atoms with E-state index in [1.54, 1.807) is 11.3 Å². The predicted molar refractivity (Wildman–Crippen MR) is 90.0 cm³/mol. The fourth-order valence-corrected chi connectivity index (χ4v) is 3.98. The minimum absolute atomic E-state index is 0.0286. The van der Waals surface area contributed by atoms with Crippen molar-refractivity contribution in [3.63, 3.8) is 0 Å². The van der Waals surface area contributed by atoms with Crippen LogP contribution in [0.15, 0.2) is 41.8 Å². The van der Waals surface area contributed by atoms with E-state index in [1.807, 2.05) is 43.3 Å². The van der Waals surface area contributed by atoms with Crippen LogP contribution in [0.2, 0.25) is 0 Å². The van der Waals surface area contributed by atoms with Gasteiger partial charge in [-0.25, -0.2) is 0 Å². The first-order valence-electron chi connectivity index (χ1n) is 6.70.